The van der Waals surface area contributed by atoms with E-state index in [2.05, 4.69) is 5.32 Å². The first-order valence-electron chi connectivity index (χ1n) is 9.37. The summed E-state index contributed by atoms with van der Waals surface area (Å²) in [4.78, 5) is 24.2. The number of amides is 1. The molecule has 0 radical (unpaired) electrons. The third kappa shape index (κ3) is 5.09. The number of methoxy groups -OCH3 is 1. The summed E-state index contributed by atoms with van der Waals surface area (Å²) in [7, 11) is 1.53. The zero-order valence-corrected chi connectivity index (χ0v) is 15.6. The summed E-state index contributed by atoms with van der Waals surface area (Å²) >= 11 is 0. The SMILES string of the molecule is COc1ccccc1NC(=O)COC(=O)c1ccc(C2CCCCC2)cc1. The molecule has 5 nitrogen and oxygen atoms in total. The van der Waals surface area contributed by atoms with Gasteiger partial charge >= 0.3 is 5.97 Å². The number of carbonyl (C=O) groups excluding carboxylic acids is 2. The lowest BCUT2D eigenvalue weighted by molar-refractivity contribution is -0.119. The van der Waals surface area contributed by atoms with E-state index in [-0.39, 0.29) is 6.61 Å². The minimum atomic E-state index is -0.500. The predicted octanol–water partition coefficient (Wildman–Crippen LogP) is 4.54. The second-order valence-corrected chi connectivity index (χ2v) is 6.78. The van der Waals surface area contributed by atoms with Gasteiger partial charge < -0.3 is 14.8 Å². The zero-order chi connectivity index (χ0) is 19.1. The third-order valence-corrected chi connectivity index (χ3v) is 4.94. The molecule has 142 valence electrons. The monoisotopic (exact) mass is 367 g/mol. The lowest BCUT2D eigenvalue weighted by Crippen LogP contribution is -2.21. The van der Waals surface area contributed by atoms with Crippen molar-refractivity contribution in [2.24, 2.45) is 0 Å². The van der Waals surface area contributed by atoms with Gasteiger partial charge in [0.05, 0.1) is 18.4 Å². The maximum Gasteiger partial charge on any atom is 0.338 e. The van der Waals surface area contributed by atoms with Crippen LogP contribution in [0.4, 0.5) is 5.69 Å². The van der Waals surface area contributed by atoms with Gasteiger partial charge in [0.2, 0.25) is 0 Å². The van der Waals surface area contributed by atoms with Gasteiger partial charge in [0.1, 0.15) is 5.75 Å². The van der Waals surface area contributed by atoms with Crippen LogP contribution in [0.5, 0.6) is 5.75 Å². The van der Waals surface area contributed by atoms with E-state index in [0.717, 1.165) is 0 Å². The van der Waals surface area contributed by atoms with Crippen LogP contribution in [-0.2, 0) is 9.53 Å². The minimum absolute atomic E-state index is 0.346. The normalized spacial score (nSPS) is 14.4. The maximum absolute atomic E-state index is 12.2. The van der Waals surface area contributed by atoms with E-state index in [9.17, 15) is 9.59 Å². The third-order valence-electron chi connectivity index (χ3n) is 4.94. The molecule has 1 fully saturated rings. The minimum Gasteiger partial charge on any atom is -0.495 e. The van der Waals surface area contributed by atoms with Gasteiger partial charge in [0.15, 0.2) is 6.61 Å². The molecule has 0 bridgehead atoms. The van der Waals surface area contributed by atoms with E-state index in [1.807, 2.05) is 18.2 Å². The Morgan fingerprint density at radius 3 is 2.41 bits per heavy atom. The molecule has 0 aliphatic heterocycles. The highest BCUT2D eigenvalue weighted by atomic mass is 16.5. The van der Waals surface area contributed by atoms with E-state index in [0.29, 0.717) is 22.9 Å². The summed E-state index contributed by atoms with van der Waals surface area (Å²) in [5, 5.41) is 2.68. The molecule has 1 N–H and O–H groups in total. The summed E-state index contributed by atoms with van der Waals surface area (Å²) in [6, 6.07) is 14.6. The van der Waals surface area contributed by atoms with Crippen LogP contribution < -0.4 is 10.1 Å². The molecule has 0 heterocycles. The molecule has 0 saturated heterocycles. The Kier molecular flexibility index (Phi) is 6.47. The van der Waals surface area contributed by atoms with Crippen LogP contribution in [0.25, 0.3) is 0 Å². The van der Waals surface area contributed by atoms with E-state index in [1.165, 1.54) is 44.8 Å². The van der Waals surface area contributed by atoms with Gasteiger partial charge in [-0.25, -0.2) is 4.79 Å². The predicted molar refractivity (Wildman–Crippen MR) is 104 cm³/mol. The first kappa shape index (κ1) is 19.0. The lowest BCUT2D eigenvalue weighted by Gasteiger charge is -2.21. The molecule has 1 amide bonds. The molecule has 1 saturated carbocycles. The average Bonchev–Trinajstić information content (AvgIpc) is 2.73. The van der Waals surface area contributed by atoms with Crippen molar-refractivity contribution in [3.8, 4) is 5.75 Å². The first-order chi connectivity index (χ1) is 13.2. The van der Waals surface area contributed by atoms with Crippen LogP contribution in [0.2, 0.25) is 0 Å². The van der Waals surface area contributed by atoms with Crippen LogP contribution in [0, 0.1) is 0 Å². The Labute approximate surface area is 159 Å². The molecule has 2 aromatic rings. The van der Waals surface area contributed by atoms with Crippen molar-refractivity contribution < 1.29 is 19.1 Å². The van der Waals surface area contributed by atoms with E-state index in [1.54, 1.807) is 30.3 Å². The average molecular weight is 367 g/mol. The van der Waals surface area contributed by atoms with Crippen molar-refractivity contribution in [3.05, 3.63) is 59.7 Å². The molecular weight excluding hydrogens is 342 g/mol. The van der Waals surface area contributed by atoms with Crippen molar-refractivity contribution in [1.29, 1.82) is 0 Å². The summed E-state index contributed by atoms with van der Waals surface area (Å²) in [6.07, 6.45) is 6.29. The van der Waals surface area contributed by atoms with Crippen molar-refractivity contribution in [3.63, 3.8) is 0 Å². The Bertz CT molecular complexity index is 779. The number of anilines is 1. The number of para-hydroxylation sites is 2. The maximum atomic E-state index is 12.2. The van der Waals surface area contributed by atoms with Gasteiger partial charge in [-0.15, -0.1) is 0 Å². The molecule has 0 unspecified atom stereocenters. The number of carbonyl (C=O) groups is 2. The Morgan fingerprint density at radius 1 is 1.00 bits per heavy atom. The molecule has 2 aromatic carbocycles. The van der Waals surface area contributed by atoms with Crippen molar-refractivity contribution in [2.45, 2.75) is 38.0 Å². The number of ether oxygens (including phenoxy) is 2. The highest BCUT2D eigenvalue weighted by Gasteiger charge is 2.17. The standard InChI is InChI=1S/C22H25NO4/c1-26-20-10-6-5-9-19(20)23-21(24)15-27-22(25)18-13-11-17(12-14-18)16-7-3-2-4-8-16/h5-6,9-14,16H,2-4,7-8,15H2,1H3,(H,23,24). The van der Waals surface area contributed by atoms with Gasteiger partial charge in [0, 0.05) is 0 Å². The molecule has 1 aliphatic carbocycles. The number of esters is 1. The number of hydrogen-bond donors (Lipinski definition) is 1. The molecule has 5 heteroatoms. The van der Waals surface area contributed by atoms with Crippen molar-refractivity contribution in [1.82, 2.24) is 0 Å². The van der Waals surface area contributed by atoms with Gasteiger partial charge in [-0.2, -0.15) is 0 Å². The van der Waals surface area contributed by atoms with Crippen molar-refractivity contribution in [2.75, 3.05) is 19.0 Å². The summed E-state index contributed by atoms with van der Waals surface area (Å²) in [5.41, 5.74) is 2.28. The molecule has 0 atom stereocenters. The van der Waals surface area contributed by atoms with Gasteiger partial charge in [-0.3, -0.25) is 4.79 Å². The van der Waals surface area contributed by atoms with Gasteiger partial charge in [-0.05, 0) is 48.6 Å². The van der Waals surface area contributed by atoms with E-state index >= 15 is 0 Å². The Balaban J connectivity index is 1.52. The largest absolute Gasteiger partial charge is 0.495 e. The summed E-state index contributed by atoms with van der Waals surface area (Å²) in [5.74, 6) is 0.234. The molecule has 3 rings (SSSR count). The molecule has 0 spiro atoms. The van der Waals surface area contributed by atoms with Crippen LogP contribution in [-0.4, -0.2) is 25.6 Å². The second kappa shape index (κ2) is 9.21. The highest BCUT2D eigenvalue weighted by Crippen LogP contribution is 2.32. The van der Waals surface area contributed by atoms with Gasteiger partial charge in [0.25, 0.3) is 5.91 Å². The fourth-order valence-electron chi connectivity index (χ4n) is 3.48. The Morgan fingerprint density at radius 2 is 1.70 bits per heavy atom. The topological polar surface area (TPSA) is 64.6 Å². The number of rotatable bonds is 6. The Hall–Kier alpha value is -2.82. The number of benzene rings is 2. The first-order valence-corrected chi connectivity index (χ1v) is 9.37. The highest BCUT2D eigenvalue weighted by molar-refractivity contribution is 5.96. The van der Waals surface area contributed by atoms with E-state index < -0.39 is 11.9 Å². The fraction of sp³-hybridized carbons (Fsp3) is 0.364. The van der Waals surface area contributed by atoms with Gasteiger partial charge in [-0.1, -0.05) is 43.5 Å². The number of nitrogens with one attached hydrogen (secondary N) is 1. The molecule has 1 aliphatic rings. The zero-order valence-electron chi connectivity index (χ0n) is 15.6. The quantitative estimate of drug-likeness (QED) is 0.762. The van der Waals surface area contributed by atoms with Crippen LogP contribution in [0.1, 0.15) is 53.9 Å². The van der Waals surface area contributed by atoms with E-state index in [4.69, 9.17) is 9.47 Å². The van der Waals surface area contributed by atoms with Crippen LogP contribution in [0.3, 0.4) is 0 Å². The lowest BCUT2D eigenvalue weighted by atomic mass is 9.84. The molecule has 27 heavy (non-hydrogen) atoms. The summed E-state index contributed by atoms with van der Waals surface area (Å²) in [6.45, 7) is -0.346. The van der Waals surface area contributed by atoms with Crippen molar-refractivity contribution >= 4 is 17.6 Å². The smallest absolute Gasteiger partial charge is 0.338 e. The molecule has 0 aromatic heterocycles. The van der Waals surface area contributed by atoms with Crippen LogP contribution >= 0.6 is 0 Å². The summed E-state index contributed by atoms with van der Waals surface area (Å²) < 4.78 is 10.3. The second-order valence-electron chi connectivity index (χ2n) is 6.78. The fourth-order valence-corrected chi connectivity index (χ4v) is 3.48. The van der Waals surface area contributed by atoms with Crippen LogP contribution in [0.15, 0.2) is 48.5 Å². The molecular formula is C22H25NO4. The number of hydrogen-bond acceptors (Lipinski definition) is 4.